The SMILES string of the molecule is CNCc1cnc(-n2cc(-c3ccccc3)cn2)c(Cl)c1. The smallest absolute Gasteiger partial charge is 0.172 e. The van der Waals surface area contributed by atoms with E-state index >= 15 is 0 Å². The van der Waals surface area contributed by atoms with Crippen LogP contribution >= 0.6 is 11.6 Å². The molecular formula is C16H15ClN4. The molecule has 0 aliphatic heterocycles. The molecule has 106 valence electrons. The van der Waals surface area contributed by atoms with Gasteiger partial charge in [0.2, 0.25) is 0 Å². The lowest BCUT2D eigenvalue weighted by atomic mass is 10.1. The second-order valence-electron chi connectivity index (χ2n) is 4.72. The average Bonchev–Trinajstić information content (AvgIpc) is 2.98. The average molecular weight is 299 g/mol. The van der Waals surface area contributed by atoms with E-state index in [1.807, 2.05) is 62.0 Å². The summed E-state index contributed by atoms with van der Waals surface area (Å²) in [5.74, 6) is 0.638. The normalized spacial score (nSPS) is 10.8. The Morgan fingerprint density at radius 3 is 2.67 bits per heavy atom. The van der Waals surface area contributed by atoms with Gasteiger partial charge in [-0.2, -0.15) is 5.10 Å². The molecule has 2 aromatic heterocycles. The molecule has 0 spiro atoms. The quantitative estimate of drug-likeness (QED) is 0.803. The van der Waals surface area contributed by atoms with Crippen LogP contribution in [0.1, 0.15) is 5.56 Å². The highest BCUT2D eigenvalue weighted by molar-refractivity contribution is 6.32. The molecule has 0 aliphatic rings. The lowest BCUT2D eigenvalue weighted by molar-refractivity contribution is 0.802. The lowest BCUT2D eigenvalue weighted by Gasteiger charge is -2.05. The van der Waals surface area contributed by atoms with Gasteiger partial charge in [0.25, 0.3) is 0 Å². The molecule has 4 nitrogen and oxygen atoms in total. The van der Waals surface area contributed by atoms with Crippen LogP contribution in [0.15, 0.2) is 55.0 Å². The highest BCUT2D eigenvalue weighted by Gasteiger charge is 2.08. The van der Waals surface area contributed by atoms with Gasteiger partial charge in [-0.3, -0.25) is 0 Å². The van der Waals surface area contributed by atoms with Crippen molar-refractivity contribution in [3.05, 3.63) is 65.6 Å². The maximum absolute atomic E-state index is 6.30. The molecule has 0 radical (unpaired) electrons. The van der Waals surface area contributed by atoms with Gasteiger partial charge in [-0.05, 0) is 24.2 Å². The van der Waals surface area contributed by atoms with Gasteiger partial charge in [-0.15, -0.1) is 0 Å². The molecule has 0 bridgehead atoms. The molecular weight excluding hydrogens is 284 g/mol. The van der Waals surface area contributed by atoms with Crippen LogP contribution in [0.25, 0.3) is 16.9 Å². The largest absolute Gasteiger partial charge is 0.316 e. The molecule has 0 amide bonds. The predicted molar refractivity (Wildman–Crippen MR) is 84.6 cm³/mol. The standard InChI is InChI=1S/C16H15ClN4/c1-18-8-12-7-15(17)16(19-9-12)21-11-14(10-20-21)13-5-3-2-4-6-13/h2-7,9-11,18H,8H2,1H3. The Morgan fingerprint density at radius 2 is 1.95 bits per heavy atom. The van der Waals surface area contributed by atoms with Crippen molar-refractivity contribution in [1.29, 1.82) is 0 Å². The maximum Gasteiger partial charge on any atom is 0.172 e. The first kappa shape index (κ1) is 13.8. The van der Waals surface area contributed by atoms with Gasteiger partial charge in [0.05, 0.1) is 11.2 Å². The van der Waals surface area contributed by atoms with Gasteiger partial charge in [0, 0.05) is 24.5 Å². The predicted octanol–water partition coefficient (Wildman–Crippen LogP) is 3.31. The second-order valence-corrected chi connectivity index (χ2v) is 5.13. The Hall–Kier alpha value is -2.17. The minimum absolute atomic E-state index is 0.588. The molecule has 0 atom stereocenters. The first-order valence-electron chi connectivity index (χ1n) is 6.67. The minimum Gasteiger partial charge on any atom is -0.316 e. The molecule has 2 heterocycles. The van der Waals surface area contributed by atoms with E-state index in [9.17, 15) is 0 Å². The number of rotatable bonds is 4. The number of pyridine rings is 1. The Kier molecular flexibility index (Phi) is 3.99. The van der Waals surface area contributed by atoms with Crippen LogP contribution < -0.4 is 5.32 Å². The van der Waals surface area contributed by atoms with E-state index in [4.69, 9.17) is 11.6 Å². The summed E-state index contributed by atoms with van der Waals surface area (Å²) < 4.78 is 1.70. The molecule has 0 unspecified atom stereocenters. The second kappa shape index (κ2) is 6.08. The van der Waals surface area contributed by atoms with Crippen LogP contribution in [-0.2, 0) is 6.54 Å². The van der Waals surface area contributed by atoms with Crippen molar-refractivity contribution in [2.24, 2.45) is 0 Å². The Labute approximate surface area is 128 Å². The van der Waals surface area contributed by atoms with Crippen molar-refractivity contribution in [3.63, 3.8) is 0 Å². The number of halogens is 1. The molecule has 5 heteroatoms. The molecule has 3 aromatic rings. The van der Waals surface area contributed by atoms with Crippen molar-refractivity contribution < 1.29 is 0 Å². The van der Waals surface area contributed by atoms with Gasteiger partial charge < -0.3 is 5.32 Å². The summed E-state index contributed by atoms with van der Waals surface area (Å²) in [5, 5.41) is 8.02. The molecule has 0 saturated carbocycles. The summed E-state index contributed by atoms with van der Waals surface area (Å²) in [6, 6.07) is 12.0. The molecule has 0 saturated heterocycles. The van der Waals surface area contributed by atoms with E-state index in [0.717, 1.165) is 23.2 Å². The summed E-state index contributed by atoms with van der Waals surface area (Å²) in [6.07, 6.45) is 5.55. The van der Waals surface area contributed by atoms with Crippen molar-refractivity contribution in [3.8, 4) is 16.9 Å². The zero-order valence-electron chi connectivity index (χ0n) is 11.6. The topological polar surface area (TPSA) is 42.7 Å². The number of benzene rings is 1. The first-order valence-corrected chi connectivity index (χ1v) is 7.05. The molecule has 21 heavy (non-hydrogen) atoms. The third-order valence-electron chi connectivity index (χ3n) is 3.17. The van der Waals surface area contributed by atoms with E-state index in [2.05, 4.69) is 15.4 Å². The van der Waals surface area contributed by atoms with Crippen LogP contribution in [-0.4, -0.2) is 21.8 Å². The number of hydrogen-bond donors (Lipinski definition) is 1. The van der Waals surface area contributed by atoms with Gasteiger partial charge >= 0.3 is 0 Å². The molecule has 0 fully saturated rings. The highest BCUT2D eigenvalue weighted by Crippen LogP contribution is 2.23. The molecule has 0 aliphatic carbocycles. The van der Waals surface area contributed by atoms with Gasteiger partial charge in [0.1, 0.15) is 0 Å². The third-order valence-corrected chi connectivity index (χ3v) is 3.44. The minimum atomic E-state index is 0.588. The van der Waals surface area contributed by atoms with Gasteiger partial charge in [-0.25, -0.2) is 9.67 Å². The van der Waals surface area contributed by atoms with E-state index in [0.29, 0.717) is 10.8 Å². The van der Waals surface area contributed by atoms with E-state index < -0.39 is 0 Å². The van der Waals surface area contributed by atoms with Crippen molar-refractivity contribution in [2.45, 2.75) is 6.54 Å². The fraction of sp³-hybridized carbons (Fsp3) is 0.125. The number of aromatic nitrogens is 3. The summed E-state index contributed by atoms with van der Waals surface area (Å²) in [5.41, 5.74) is 3.20. The van der Waals surface area contributed by atoms with Crippen LogP contribution in [0, 0.1) is 0 Å². The van der Waals surface area contributed by atoms with Crippen molar-refractivity contribution in [2.75, 3.05) is 7.05 Å². The zero-order chi connectivity index (χ0) is 14.7. The Morgan fingerprint density at radius 1 is 1.14 bits per heavy atom. The third kappa shape index (κ3) is 2.96. The Balaban J connectivity index is 1.93. The summed E-state index contributed by atoms with van der Waals surface area (Å²) in [7, 11) is 1.89. The number of nitrogens with one attached hydrogen (secondary N) is 1. The number of hydrogen-bond acceptors (Lipinski definition) is 3. The first-order chi connectivity index (χ1) is 10.3. The molecule has 3 rings (SSSR count). The summed E-state index contributed by atoms with van der Waals surface area (Å²) in [6.45, 7) is 0.737. The van der Waals surface area contributed by atoms with E-state index in [1.54, 1.807) is 4.68 Å². The van der Waals surface area contributed by atoms with Crippen molar-refractivity contribution in [1.82, 2.24) is 20.1 Å². The highest BCUT2D eigenvalue weighted by atomic mass is 35.5. The maximum atomic E-state index is 6.30. The van der Waals surface area contributed by atoms with E-state index in [-0.39, 0.29) is 0 Å². The van der Waals surface area contributed by atoms with Crippen LogP contribution in [0.5, 0.6) is 0 Å². The monoisotopic (exact) mass is 298 g/mol. The van der Waals surface area contributed by atoms with Gasteiger partial charge in [-0.1, -0.05) is 41.9 Å². The van der Waals surface area contributed by atoms with Gasteiger partial charge in [0.15, 0.2) is 5.82 Å². The van der Waals surface area contributed by atoms with Crippen LogP contribution in [0.3, 0.4) is 0 Å². The summed E-state index contributed by atoms with van der Waals surface area (Å²) >= 11 is 6.30. The fourth-order valence-corrected chi connectivity index (χ4v) is 2.43. The van der Waals surface area contributed by atoms with Crippen LogP contribution in [0.4, 0.5) is 0 Å². The lowest BCUT2D eigenvalue weighted by Crippen LogP contribution is -2.07. The van der Waals surface area contributed by atoms with Crippen molar-refractivity contribution >= 4 is 11.6 Å². The molecule has 1 aromatic carbocycles. The number of nitrogens with zero attached hydrogens (tertiary/aromatic N) is 3. The van der Waals surface area contributed by atoms with E-state index in [1.165, 1.54) is 0 Å². The fourth-order valence-electron chi connectivity index (χ4n) is 2.16. The Bertz CT molecular complexity index is 737. The summed E-state index contributed by atoms with van der Waals surface area (Å²) in [4.78, 5) is 4.40. The van der Waals surface area contributed by atoms with Crippen LogP contribution in [0.2, 0.25) is 5.02 Å². The molecule has 1 N–H and O–H groups in total. The zero-order valence-corrected chi connectivity index (χ0v) is 12.4.